The van der Waals surface area contributed by atoms with Gasteiger partial charge >= 0.3 is 0 Å². The first-order valence-corrected chi connectivity index (χ1v) is 7.95. The number of benzene rings is 1. The van der Waals surface area contributed by atoms with Crippen LogP contribution in [0.25, 0.3) is 0 Å². The van der Waals surface area contributed by atoms with Gasteiger partial charge in [0.15, 0.2) is 0 Å². The maximum absolute atomic E-state index is 9.88. The lowest BCUT2D eigenvalue weighted by atomic mass is 10.1. The maximum Gasteiger partial charge on any atom is 0.139 e. The predicted octanol–water partition coefficient (Wildman–Crippen LogP) is 2.48. The minimum atomic E-state index is -0.619. The molecule has 3 unspecified atom stereocenters. The van der Waals surface area contributed by atoms with Crippen molar-refractivity contribution >= 4 is 23.2 Å². The van der Waals surface area contributed by atoms with E-state index >= 15 is 0 Å². The number of ether oxygens (including phenoxy) is 1. The van der Waals surface area contributed by atoms with Crippen LogP contribution in [0, 0.1) is 5.92 Å². The molecule has 3 N–H and O–H groups in total. The molecule has 118 valence electrons. The second-order valence-electron chi connectivity index (χ2n) is 5.53. The fourth-order valence-corrected chi connectivity index (χ4v) is 2.85. The molecule has 0 heterocycles. The summed E-state index contributed by atoms with van der Waals surface area (Å²) in [5.74, 6) is 0.970. The number of aliphatic hydroxyl groups is 2. The van der Waals surface area contributed by atoms with Gasteiger partial charge in [-0.25, -0.2) is 0 Å². The third-order valence-corrected chi connectivity index (χ3v) is 4.20. The molecule has 0 bridgehead atoms. The summed E-state index contributed by atoms with van der Waals surface area (Å²) in [5, 5.41) is 23.6. The minimum absolute atomic E-state index is 0.153. The molecular weight excluding hydrogens is 313 g/mol. The Bertz CT molecular complexity index is 459. The molecule has 6 heteroatoms. The van der Waals surface area contributed by atoms with Gasteiger partial charge in [0.1, 0.15) is 18.5 Å². The highest BCUT2D eigenvalue weighted by molar-refractivity contribution is 6.34. The highest BCUT2D eigenvalue weighted by atomic mass is 35.5. The first kappa shape index (κ1) is 16.8. The second-order valence-corrected chi connectivity index (χ2v) is 6.37. The largest absolute Gasteiger partial charge is 0.489 e. The lowest BCUT2D eigenvalue weighted by Crippen LogP contribution is -2.34. The van der Waals surface area contributed by atoms with Crippen LogP contribution in [-0.4, -0.2) is 42.1 Å². The Kier molecular flexibility index (Phi) is 6.58. The average molecular weight is 334 g/mol. The van der Waals surface area contributed by atoms with Gasteiger partial charge in [-0.1, -0.05) is 23.2 Å². The van der Waals surface area contributed by atoms with Crippen molar-refractivity contribution in [3.8, 4) is 5.75 Å². The highest BCUT2D eigenvalue weighted by Gasteiger charge is 2.22. The molecule has 0 aliphatic heterocycles. The maximum atomic E-state index is 9.88. The number of nitrogens with one attached hydrogen (secondary N) is 1. The van der Waals surface area contributed by atoms with Gasteiger partial charge in [-0.05, 0) is 43.9 Å². The fourth-order valence-electron chi connectivity index (χ4n) is 2.52. The molecule has 1 aromatic rings. The Morgan fingerprint density at radius 3 is 2.86 bits per heavy atom. The van der Waals surface area contributed by atoms with Crippen molar-refractivity contribution in [2.45, 2.75) is 31.5 Å². The van der Waals surface area contributed by atoms with Crippen molar-refractivity contribution in [3.05, 3.63) is 28.2 Å². The topological polar surface area (TPSA) is 61.7 Å². The SMILES string of the molecule is OC(CNCC1CCC(O)C1)COc1cc(Cl)ccc1Cl. The van der Waals surface area contributed by atoms with E-state index in [1.54, 1.807) is 18.2 Å². The van der Waals surface area contributed by atoms with Crippen LogP contribution in [-0.2, 0) is 0 Å². The van der Waals surface area contributed by atoms with Gasteiger partial charge in [0.25, 0.3) is 0 Å². The Hall–Kier alpha value is -0.520. The van der Waals surface area contributed by atoms with E-state index in [2.05, 4.69) is 5.32 Å². The average Bonchev–Trinajstić information content (AvgIpc) is 2.85. The Labute approximate surface area is 135 Å². The van der Waals surface area contributed by atoms with Crippen LogP contribution in [0.2, 0.25) is 10.0 Å². The Balaban J connectivity index is 1.65. The zero-order valence-corrected chi connectivity index (χ0v) is 13.3. The van der Waals surface area contributed by atoms with Crippen LogP contribution >= 0.6 is 23.2 Å². The van der Waals surface area contributed by atoms with Crippen molar-refractivity contribution < 1.29 is 14.9 Å². The van der Waals surface area contributed by atoms with Crippen molar-refractivity contribution in [3.63, 3.8) is 0 Å². The van der Waals surface area contributed by atoms with E-state index in [0.29, 0.717) is 28.3 Å². The summed E-state index contributed by atoms with van der Waals surface area (Å²) >= 11 is 11.8. The van der Waals surface area contributed by atoms with Crippen LogP contribution in [0.15, 0.2) is 18.2 Å². The molecule has 0 saturated heterocycles. The second kappa shape index (κ2) is 8.20. The summed E-state index contributed by atoms with van der Waals surface area (Å²) in [6.07, 6.45) is 1.99. The summed E-state index contributed by atoms with van der Waals surface area (Å²) in [5.41, 5.74) is 0. The number of hydrogen-bond donors (Lipinski definition) is 3. The van der Waals surface area contributed by atoms with Crippen LogP contribution in [0.4, 0.5) is 0 Å². The molecule has 0 spiro atoms. The zero-order chi connectivity index (χ0) is 15.2. The number of halogens is 2. The molecule has 0 radical (unpaired) electrons. The molecule has 21 heavy (non-hydrogen) atoms. The summed E-state index contributed by atoms with van der Waals surface area (Å²) in [4.78, 5) is 0. The van der Waals surface area contributed by atoms with E-state index in [1.165, 1.54) is 0 Å². The third kappa shape index (κ3) is 5.64. The van der Waals surface area contributed by atoms with Gasteiger partial charge < -0.3 is 20.3 Å². The van der Waals surface area contributed by atoms with Crippen LogP contribution in [0.5, 0.6) is 5.75 Å². The highest BCUT2D eigenvalue weighted by Crippen LogP contribution is 2.27. The summed E-state index contributed by atoms with van der Waals surface area (Å²) in [6, 6.07) is 4.98. The quantitative estimate of drug-likeness (QED) is 0.717. The molecule has 1 aliphatic rings. The van der Waals surface area contributed by atoms with Gasteiger partial charge in [-0.15, -0.1) is 0 Å². The molecular formula is C15H21Cl2NO3. The minimum Gasteiger partial charge on any atom is -0.489 e. The Morgan fingerprint density at radius 2 is 2.14 bits per heavy atom. The van der Waals surface area contributed by atoms with Crippen LogP contribution in [0.1, 0.15) is 19.3 Å². The van der Waals surface area contributed by atoms with E-state index in [9.17, 15) is 10.2 Å². The van der Waals surface area contributed by atoms with E-state index in [0.717, 1.165) is 25.8 Å². The predicted molar refractivity (Wildman–Crippen MR) is 84.2 cm³/mol. The lowest BCUT2D eigenvalue weighted by molar-refractivity contribution is 0.105. The van der Waals surface area contributed by atoms with Crippen molar-refractivity contribution in [1.29, 1.82) is 0 Å². The summed E-state index contributed by atoms with van der Waals surface area (Å²) < 4.78 is 5.47. The van der Waals surface area contributed by atoms with E-state index in [-0.39, 0.29) is 12.7 Å². The van der Waals surface area contributed by atoms with E-state index < -0.39 is 6.10 Å². The van der Waals surface area contributed by atoms with E-state index in [1.807, 2.05) is 0 Å². The standard InChI is InChI=1S/C15H21Cl2NO3/c16-11-2-4-14(17)15(6-11)21-9-13(20)8-18-7-10-1-3-12(19)5-10/h2,4,6,10,12-13,18-20H,1,3,5,7-9H2. The smallest absolute Gasteiger partial charge is 0.139 e. The molecule has 4 nitrogen and oxygen atoms in total. The molecule has 2 rings (SSSR count). The van der Waals surface area contributed by atoms with Gasteiger partial charge in [-0.3, -0.25) is 0 Å². The van der Waals surface area contributed by atoms with Crippen LogP contribution in [0.3, 0.4) is 0 Å². The summed E-state index contributed by atoms with van der Waals surface area (Å²) in [7, 11) is 0. The molecule has 1 fully saturated rings. The van der Waals surface area contributed by atoms with Gasteiger partial charge in [0, 0.05) is 17.6 Å². The molecule has 3 atom stereocenters. The van der Waals surface area contributed by atoms with Crippen molar-refractivity contribution in [2.24, 2.45) is 5.92 Å². The third-order valence-electron chi connectivity index (χ3n) is 3.65. The number of aliphatic hydroxyl groups excluding tert-OH is 2. The Morgan fingerprint density at radius 1 is 1.33 bits per heavy atom. The van der Waals surface area contributed by atoms with Gasteiger partial charge in [0.2, 0.25) is 0 Å². The monoisotopic (exact) mass is 333 g/mol. The first-order valence-electron chi connectivity index (χ1n) is 7.19. The lowest BCUT2D eigenvalue weighted by Gasteiger charge is -2.16. The van der Waals surface area contributed by atoms with E-state index in [4.69, 9.17) is 27.9 Å². The number of hydrogen-bond acceptors (Lipinski definition) is 4. The molecule has 1 aromatic carbocycles. The van der Waals surface area contributed by atoms with Crippen LogP contribution < -0.4 is 10.1 Å². The van der Waals surface area contributed by atoms with Gasteiger partial charge in [-0.2, -0.15) is 0 Å². The van der Waals surface area contributed by atoms with Crippen molar-refractivity contribution in [1.82, 2.24) is 5.32 Å². The first-order chi connectivity index (χ1) is 10.0. The van der Waals surface area contributed by atoms with Crippen molar-refractivity contribution in [2.75, 3.05) is 19.7 Å². The summed E-state index contributed by atoms with van der Waals surface area (Å²) in [6.45, 7) is 1.41. The normalized spacial score (nSPS) is 23.2. The molecule has 0 amide bonds. The molecule has 0 aromatic heterocycles. The van der Waals surface area contributed by atoms with Gasteiger partial charge in [0.05, 0.1) is 11.1 Å². The fraction of sp³-hybridized carbons (Fsp3) is 0.600. The molecule has 1 saturated carbocycles. The zero-order valence-electron chi connectivity index (χ0n) is 11.8. The number of rotatable bonds is 7. The molecule has 1 aliphatic carbocycles.